The largest absolute Gasteiger partial charge is 0.298 e. The van der Waals surface area contributed by atoms with Crippen LogP contribution in [0.3, 0.4) is 0 Å². The average Bonchev–Trinajstić information content (AvgIpc) is 2.17. The summed E-state index contributed by atoms with van der Waals surface area (Å²) in [7, 11) is 0. The van der Waals surface area contributed by atoms with Crippen molar-refractivity contribution in [3.8, 4) is 11.8 Å². The molecule has 0 aliphatic heterocycles. The lowest BCUT2D eigenvalue weighted by Gasteiger charge is -1.94. The number of benzene rings is 1. The van der Waals surface area contributed by atoms with Crippen LogP contribution in [-0.4, -0.2) is 12.0 Å². The van der Waals surface area contributed by atoms with E-state index in [1.807, 2.05) is 0 Å². The zero-order valence-corrected chi connectivity index (χ0v) is 9.11. The molecule has 72 valence electrons. The first-order chi connectivity index (χ1) is 6.76. The van der Waals surface area contributed by atoms with Gasteiger partial charge in [0.2, 0.25) is 0 Å². The van der Waals surface area contributed by atoms with Crippen LogP contribution in [0.15, 0.2) is 18.2 Å². The van der Waals surface area contributed by atoms with Crippen LogP contribution in [0.4, 0.5) is 0 Å². The summed E-state index contributed by atoms with van der Waals surface area (Å²) in [5, 5.41) is 0.532. The van der Waals surface area contributed by atoms with E-state index in [0.29, 0.717) is 10.6 Å². The Bertz CT molecular complexity index is 390. The SMILES string of the molecule is O=Cc1cc(Cl)cc(C#CCCS)c1. The second-order valence-electron chi connectivity index (χ2n) is 2.67. The first-order valence-corrected chi connectivity index (χ1v) is 5.13. The van der Waals surface area contributed by atoms with Gasteiger partial charge in [-0.1, -0.05) is 23.4 Å². The number of aldehydes is 1. The van der Waals surface area contributed by atoms with Crippen molar-refractivity contribution in [1.29, 1.82) is 0 Å². The molecule has 14 heavy (non-hydrogen) atoms. The van der Waals surface area contributed by atoms with Crippen molar-refractivity contribution in [1.82, 2.24) is 0 Å². The molecule has 0 aliphatic carbocycles. The third-order valence-corrected chi connectivity index (χ3v) is 1.97. The minimum absolute atomic E-state index is 0.532. The maximum Gasteiger partial charge on any atom is 0.150 e. The van der Waals surface area contributed by atoms with Crippen LogP contribution in [-0.2, 0) is 0 Å². The van der Waals surface area contributed by atoms with Gasteiger partial charge in [-0.15, -0.1) is 0 Å². The van der Waals surface area contributed by atoms with Crippen LogP contribution >= 0.6 is 24.2 Å². The summed E-state index contributed by atoms with van der Waals surface area (Å²) < 4.78 is 0. The Morgan fingerprint density at radius 3 is 2.86 bits per heavy atom. The van der Waals surface area contributed by atoms with Crippen molar-refractivity contribution >= 4 is 30.5 Å². The van der Waals surface area contributed by atoms with E-state index in [4.69, 9.17) is 11.6 Å². The van der Waals surface area contributed by atoms with Crippen molar-refractivity contribution in [2.75, 3.05) is 5.75 Å². The molecule has 0 N–H and O–H groups in total. The van der Waals surface area contributed by atoms with Gasteiger partial charge in [0.05, 0.1) is 0 Å². The van der Waals surface area contributed by atoms with Crippen LogP contribution in [0, 0.1) is 11.8 Å². The van der Waals surface area contributed by atoms with E-state index in [1.54, 1.807) is 18.2 Å². The predicted octanol–water partition coefficient (Wildman–Crippen LogP) is 2.82. The minimum atomic E-state index is 0.532. The number of hydrogen-bond acceptors (Lipinski definition) is 2. The van der Waals surface area contributed by atoms with Crippen molar-refractivity contribution in [3.05, 3.63) is 34.3 Å². The Balaban J connectivity index is 2.93. The van der Waals surface area contributed by atoms with E-state index < -0.39 is 0 Å². The lowest BCUT2D eigenvalue weighted by atomic mass is 10.1. The first kappa shape index (κ1) is 11.2. The van der Waals surface area contributed by atoms with Gasteiger partial charge in [0, 0.05) is 28.3 Å². The van der Waals surface area contributed by atoms with Crippen molar-refractivity contribution in [3.63, 3.8) is 0 Å². The fraction of sp³-hybridized carbons (Fsp3) is 0.182. The molecule has 0 aromatic heterocycles. The third-order valence-electron chi connectivity index (χ3n) is 1.53. The topological polar surface area (TPSA) is 17.1 Å². The highest BCUT2D eigenvalue weighted by atomic mass is 35.5. The smallest absolute Gasteiger partial charge is 0.150 e. The van der Waals surface area contributed by atoms with E-state index in [-0.39, 0.29) is 0 Å². The second kappa shape index (κ2) is 5.74. The van der Waals surface area contributed by atoms with Gasteiger partial charge in [-0.2, -0.15) is 12.6 Å². The quantitative estimate of drug-likeness (QED) is 0.465. The van der Waals surface area contributed by atoms with E-state index >= 15 is 0 Å². The molecular weight excluding hydrogens is 216 g/mol. The molecule has 0 unspecified atom stereocenters. The number of thiol groups is 1. The monoisotopic (exact) mass is 224 g/mol. The van der Waals surface area contributed by atoms with E-state index in [2.05, 4.69) is 24.5 Å². The zero-order chi connectivity index (χ0) is 10.4. The lowest BCUT2D eigenvalue weighted by molar-refractivity contribution is 0.112. The molecule has 0 aliphatic rings. The molecule has 0 amide bonds. The molecule has 1 aromatic carbocycles. The molecule has 0 radical (unpaired) electrons. The number of carbonyl (C=O) groups excluding carboxylic acids is 1. The summed E-state index contributed by atoms with van der Waals surface area (Å²) in [5.74, 6) is 6.58. The summed E-state index contributed by atoms with van der Waals surface area (Å²) in [5.41, 5.74) is 1.31. The molecule has 0 heterocycles. The maximum absolute atomic E-state index is 10.5. The van der Waals surface area contributed by atoms with Gasteiger partial charge in [-0.25, -0.2) is 0 Å². The summed E-state index contributed by atoms with van der Waals surface area (Å²) in [6, 6.07) is 5.06. The normalized spacial score (nSPS) is 9.00. The molecule has 3 heteroatoms. The van der Waals surface area contributed by atoms with Gasteiger partial charge in [0.15, 0.2) is 0 Å². The molecule has 0 spiro atoms. The fourth-order valence-corrected chi connectivity index (χ4v) is 1.33. The molecule has 0 saturated carbocycles. The Labute approximate surface area is 93.9 Å². The molecular formula is C11H9ClOS. The summed E-state index contributed by atoms with van der Waals surface area (Å²) in [6.45, 7) is 0. The van der Waals surface area contributed by atoms with Crippen LogP contribution < -0.4 is 0 Å². The van der Waals surface area contributed by atoms with Gasteiger partial charge in [0.1, 0.15) is 6.29 Å². The Morgan fingerprint density at radius 1 is 1.43 bits per heavy atom. The number of carbonyl (C=O) groups is 1. The van der Waals surface area contributed by atoms with Gasteiger partial charge in [0.25, 0.3) is 0 Å². The van der Waals surface area contributed by atoms with Crippen molar-refractivity contribution < 1.29 is 4.79 Å². The van der Waals surface area contributed by atoms with E-state index in [0.717, 1.165) is 24.0 Å². The van der Waals surface area contributed by atoms with Gasteiger partial charge in [-0.05, 0) is 18.2 Å². The minimum Gasteiger partial charge on any atom is -0.298 e. The highest BCUT2D eigenvalue weighted by Crippen LogP contribution is 2.13. The summed E-state index contributed by atoms with van der Waals surface area (Å²) in [4.78, 5) is 10.5. The Morgan fingerprint density at radius 2 is 2.21 bits per heavy atom. The summed E-state index contributed by atoms with van der Waals surface area (Å²) >= 11 is 9.84. The number of halogens is 1. The molecule has 1 rings (SSSR count). The Hall–Kier alpha value is -0.910. The van der Waals surface area contributed by atoms with Crippen LogP contribution in [0.25, 0.3) is 0 Å². The third kappa shape index (κ3) is 3.45. The fourth-order valence-electron chi connectivity index (χ4n) is 0.973. The zero-order valence-electron chi connectivity index (χ0n) is 7.46. The first-order valence-electron chi connectivity index (χ1n) is 4.12. The molecule has 0 bridgehead atoms. The number of hydrogen-bond donors (Lipinski definition) is 1. The standard InChI is InChI=1S/C11H9ClOS/c12-11-6-9(3-1-2-4-14)5-10(7-11)8-13/h5-8,14H,2,4H2. The van der Waals surface area contributed by atoms with Crippen molar-refractivity contribution in [2.24, 2.45) is 0 Å². The van der Waals surface area contributed by atoms with Crippen molar-refractivity contribution in [2.45, 2.75) is 6.42 Å². The molecule has 0 fully saturated rings. The second-order valence-corrected chi connectivity index (χ2v) is 3.55. The average molecular weight is 225 g/mol. The van der Waals surface area contributed by atoms with Crippen LogP contribution in [0.2, 0.25) is 5.02 Å². The molecule has 1 nitrogen and oxygen atoms in total. The molecule has 1 aromatic rings. The highest BCUT2D eigenvalue weighted by Gasteiger charge is 1.95. The van der Waals surface area contributed by atoms with Gasteiger partial charge >= 0.3 is 0 Å². The molecule has 0 saturated heterocycles. The molecule has 0 atom stereocenters. The maximum atomic E-state index is 10.5. The highest BCUT2D eigenvalue weighted by molar-refractivity contribution is 7.80. The van der Waals surface area contributed by atoms with Gasteiger partial charge < -0.3 is 0 Å². The predicted molar refractivity (Wildman–Crippen MR) is 62.2 cm³/mol. The van der Waals surface area contributed by atoms with Crippen LogP contribution in [0.1, 0.15) is 22.3 Å². The van der Waals surface area contributed by atoms with Crippen LogP contribution in [0.5, 0.6) is 0 Å². The summed E-state index contributed by atoms with van der Waals surface area (Å²) in [6.07, 6.45) is 1.49. The van der Waals surface area contributed by atoms with E-state index in [9.17, 15) is 4.79 Å². The van der Waals surface area contributed by atoms with Gasteiger partial charge in [-0.3, -0.25) is 4.79 Å². The van der Waals surface area contributed by atoms with E-state index in [1.165, 1.54) is 0 Å². The lowest BCUT2D eigenvalue weighted by Crippen LogP contribution is -1.82. The number of rotatable bonds is 2. The Kier molecular flexibility index (Phi) is 4.58.